The Morgan fingerprint density at radius 3 is 1.38 bits per heavy atom. The van der Waals surface area contributed by atoms with E-state index in [4.69, 9.17) is 0 Å². The number of halogens is 6. The number of piperazine rings is 1. The molecule has 0 amide bonds. The van der Waals surface area contributed by atoms with Crippen LogP contribution in [0.25, 0.3) is 42.2 Å². The van der Waals surface area contributed by atoms with E-state index in [-0.39, 0.29) is 27.9 Å². The lowest BCUT2D eigenvalue weighted by Gasteiger charge is -2.37. The van der Waals surface area contributed by atoms with Crippen molar-refractivity contribution in [2.24, 2.45) is 0 Å². The number of fused-ring (bicyclic) bond motifs is 4. The molecule has 90 heavy (non-hydrogen) atoms. The van der Waals surface area contributed by atoms with Crippen LogP contribution in [0.1, 0.15) is 102 Å². The molecule has 10 heterocycles. The van der Waals surface area contributed by atoms with Crippen molar-refractivity contribution in [3.8, 4) is 12.1 Å². The monoisotopic (exact) mass is 1300 g/mol. The van der Waals surface area contributed by atoms with Gasteiger partial charge in [0.05, 0.1) is 29.9 Å². The number of alkyl halides is 6. The predicted molar refractivity (Wildman–Crippen MR) is 343 cm³/mol. The minimum Gasteiger partial charge on any atom is -0.367 e. The topological polar surface area (TPSA) is 183 Å². The summed E-state index contributed by atoms with van der Waals surface area (Å²) in [5, 5.41) is 30.4. The minimum atomic E-state index is -4.26. The quantitative estimate of drug-likeness (QED) is 0.0821. The predicted octanol–water partition coefficient (Wildman–Crippen LogP) is 11.9. The second-order valence-electron chi connectivity index (χ2n) is 24.8. The van der Waals surface area contributed by atoms with Gasteiger partial charge in [0.2, 0.25) is 10.0 Å². The first-order chi connectivity index (χ1) is 43.0. The first-order valence-corrected chi connectivity index (χ1v) is 34.5. The summed E-state index contributed by atoms with van der Waals surface area (Å²) in [6, 6.07) is 21.5. The van der Waals surface area contributed by atoms with Crippen molar-refractivity contribution in [1.29, 1.82) is 10.5 Å². The Hall–Kier alpha value is -6.49. The lowest BCUT2D eigenvalue weighted by Crippen LogP contribution is -2.51. The molecule has 0 bridgehead atoms. The van der Waals surface area contributed by atoms with Crippen LogP contribution in [0.15, 0.2) is 61.2 Å². The van der Waals surface area contributed by atoms with Crippen LogP contribution in [-0.2, 0) is 49.0 Å². The molecule has 0 saturated carbocycles. The molecule has 8 aromatic rings. The third kappa shape index (κ3) is 15.4. The van der Waals surface area contributed by atoms with Gasteiger partial charge < -0.3 is 19.8 Å². The van der Waals surface area contributed by atoms with Crippen molar-refractivity contribution in [1.82, 2.24) is 53.0 Å². The second kappa shape index (κ2) is 27.4. The lowest BCUT2D eigenvalue weighted by molar-refractivity contribution is -0.127. The summed E-state index contributed by atoms with van der Waals surface area (Å²) in [5.74, 6) is 1.20. The Morgan fingerprint density at radius 1 is 0.578 bits per heavy atom. The van der Waals surface area contributed by atoms with Crippen molar-refractivity contribution < 1.29 is 34.8 Å². The zero-order chi connectivity index (χ0) is 63.6. The number of piperidine rings is 3. The number of nitrogens with zero attached hydrogens (tertiary/aromatic N) is 13. The number of anilines is 2. The normalized spacial score (nSPS) is 18.5. The molecular formula is C64H77F6N15O2S3. The summed E-state index contributed by atoms with van der Waals surface area (Å²) >= 11 is 2.13. The highest BCUT2D eigenvalue weighted by Gasteiger charge is 2.33. The molecular weight excluding hydrogens is 1220 g/mol. The number of likely N-dealkylation sites (tertiary alicyclic amines) is 3. The SMILES string of the molecule is Cc1c(CN2CCC(Nc3ncnc4sc(CC(F)(F)F)cc34)CC2)ccc2c1cc(C#N)n2CC(C)N1CCCCC1.Cc1c(CN2CCC(Nc3ncnc4sc(CC(F)(F)F)cc34)CC2)ccc2c1cc(C#N)n2CC(C)N1CCN(S(C)(=O)=O)CC1. The van der Waals surface area contributed by atoms with E-state index in [9.17, 15) is 45.3 Å². The summed E-state index contributed by atoms with van der Waals surface area (Å²) in [5.41, 5.74) is 8.37. The highest BCUT2D eigenvalue weighted by molar-refractivity contribution is 7.88. The van der Waals surface area contributed by atoms with Crippen molar-refractivity contribution in [3.05, 3.63) is 105 Å². The van der Waals surface area contributed by atoms with E-state index in [0.29, 0.717) is 76.5 Å². The number of nitriles is 2. The maximum absolute atomic E-state index is 12.9. The summed E-state index contributed by atoms with van der Waals surface area (Å²) in [6.45, 7) is 19.8. The van der Waals surface area contributed by atoms with Crippen LogP contribution in [-0.4, -0.2) is 170 Å². The zero-order valence-electron chi connectivity index (χ0n) is 51.5. The molecule has 0 spiro atoms. The van der Waals surface area contributed by atoms with Gasteiger partial charge in [-0.2, -0.15) is 41.2 Å². The molecule has 0 radical (unpaired) electrons. The number of rotatable bonds is 17. The van der Waals surface area contributed by atoms with Gasteiger partial charge in [0.15, 0.2) is 0 Å². The fourth-order valence-corrected chi connectivity index (χ4v) is 16.4. The Bertz CT molecular complexity index is 4040. The van der Waals surface area contributed by atoms with Gasteiger partial charge in [-0.1, -0.05) is 18.6 Å². The summed E-state index contributed by atoms with van der Waals surface area (Å²) in [7, 11) is -3.19. The van der Waals surface area contributed by atoms with E-state index in [1.807, 2.05) is 6.07 Å². The Kier molecular flexibility index (Phi) is 19.8. The molecule has 2 unspecified atom stereocenters. The fraction of sp³-hybridized carbons (Fsp3) is 0.531. The van der Waals surface area contributed by atoms with Crippen molar-refractivity contribution >= 4 is 86.6 Å². The molecule has 0 aliphatic carbocycles. The maximum Gasteiger partial charge on any atom is 0.393 e. The standard InChI is InChI=1S/C32H39F3N8O2S2.C32H38F3N7S/c1-21(41-10-12-42(13-11-41)47(3,44)45)18-43-25(17-36)14-27-22(2)23(4-5-29(27)43)19-40-8-6-24(7-9-40)39-30-28-15-26(16-32(33,34)35)46-31(28)38-20-37-30;1-21(41-10-4-3-5-11-41)18-42-25(17-36)14-27-22(2)23(6-7-29(27)42)19-40-12-8-24(9-13-40)39-30-28-15-26(16-32(33,34)35)43-31(28)38-20-37-30/h4-5,14-15,20-21,24H,6-13,16,18-19H2,1-3H3,(H,37,38,39);6-7,14-15,20-21,24H,3-5,8-13,16,18-19H2,1-2H3,(H,37,38,39). The second-order valence-corrected chi connectivity index (χ2v) is 29.1. The number of aryl methyl sites for hydroxylation is 2. The van der Waals surface area contributed by atoms with Gasteiger partial charge >= 0.3 is 12.4 Å². The first kappa shape index (κ1) is 65.0. The van der Waals surface area contributed by atoms with Gasteiger partial charge in [0, 0.05) is 134 Å². The molecule has 17 nitrogen and oxygen atoms in total. The molecule has 12 rings (SSSR count). The number of nitrogens with one attached hydrogen (secondary N) is 2. The molecule has 26 heteroatoms. The number of sulfonamides is 1. The van der Waals surface area contributed by atoms with Gasteiger partial charge in [-0.15, -0.1) is 22.7 Å². The number of hydrogen-bond acceptors (Lipinski definition) is 16. The fourth-order valence-electron chi connectivity index (χ4n) is 13.5. The van der Waals surface area contributed by atoms with Crippen LogP contribution < -0.4 is 10.6 Å². The summed E-state index contributed by atoms with van der Waals surface area (Å²) in [6.07, 6.45) is 1.04. The van der Waals surface area contributed by atoms with Crippen LogP contribution in [0.4, 0.5) is 38.0 Å². The average molecular weight is 1300 g/mol. The third-order valence-electron chi connectivity index (χ3n) is 18.6. The largest absolute Gasteiger partial charge is 0.393 e. The van der Waals surface area contributed by atoms with Gasteiger partial charge in [0.25, 0.3) is 0 Å². The lowest BCUT2D eigenvalue weighted by atomic mass is 10.0. The Labute approximate surface area is 529 Å². The number of hydrogen-bond donors (Lipinski definition) is 2. The molecule has 4 fully saturated rings. The van der Waals surface area contributed by atoms with E-state index < -0.39 is 35.2 Å². The molecule has 4 aliphatic rings. The van der Waals surface area contributed by atoms with Gasteiger partial charge in [0.1, 0.15) is 57.5 Å². The van der Waals surface area contributed by atoms with Crippen LogP contribution in [0.3, 0.4) is 0 Å². The van der Waals surface area contributed by atoms with Crippen LogP contribution >= 0.6 is 22.7 Å². The maximum atomic E-state index is 12.9. The zero-order valence-corrected chi connectivity index (χ0v) is 53.9. The molecule has 4 saturated heterocycles. The van der Waals surface area contributed by atoms with E-state index in [1.165, 1.54) is 59.2 Å². The van der Waals surface area contributed by atoms with Gasteiger partial charge in [-0.3, -0.25) is 19.6 Å². The van der Waals surface area contributed by atoms with E-state index in [0.717, 1.165) is 140 Å². The third-order valence-corrected chi connectivity index (χ3v) is 22.0. The molecule has 2 aromatic carbocycles. The van der Waals surface area contributed by atoms with E-state index in [1.54, 1.807) is 12.1 Å². The highest BCUT2D eigenvalue weighted by Crippen LogP contribution is 2.37. The van der Waals surface area contributed by atoms with Crippen LogP contribution in [0, 0.1) is 36.5 Å². The first-order valence-electron chi connectivity index (χ1n) is 31.0. The van der Waals surface area contributed by atoms with E-state index in [2.05, 4.69) is 129 Å². The summed E-state index contributed by atoms with van der Waals surface area (Å²) in [4.78, 5) is 28.4. The van der Waals surface area contributed by atoms with Crippen molar-refractivity contribution in [2.75, 3.05) is 82.3 Å². The van der Waals surface area contributed by atoms with Crippen LogP contribution in [0.2, 0.25) is 0 Å². The van der Waals surface area contributed by atoms with Gasteiger partial charge in [-0.25, -0.2) is 28.4 Å². The van der Waals surface area contributed by atoms with E-state index >= 15 is 0 Å². The van der Waals surface area contributed by atoms with Crippen LogP contribution in [0.5, 0.6) is 0 Å². The van der Waals surface area contributed by atoms with Crippen molar-refractivity contribution in [2.45, 2.75) is 148 Å². The highest BCUT2D eigenvalue weighted by atomic mass is 32.2. The molecule has 2 N–H and O–H groups in total. The molecule has 6 aromatic heterocycles. The van der Waals surface area contributed by atoms with Gasteiger partial charge in [-0.05, 0) is 138 Å². The smallest absolute Gasteiger partial charge is 0.367 e. The van der Waals surface area contributed by atoms with Crippen molar-refractivity contribution in [3.63, 3.8) is 0 Å². The number of benzene rings is 2. The number of thiophene rings is 2. The molecule has 4 aliphatic heterocycles. The molecule has 480 valence electrons. The average Bonchev–Trinajstić information content (AvgIpc) is 1.73. The number of aromatic nitrogens is 6. The Morgan fingerprint density at radius 2 is 0.989 bits per heavy atom. The molecule has 2 atom stereocenters. The minimum absolute atomic E-state index is 0.134. The Balaban J connectivity index is 0.000000186. The summed E-state index contributed by atoms with van der Waals surface area (Å²) < 4.78 is 107.